The van der Waals surface area contributed by atoms with Gasteiger partial charge in [-0.3, -0.25) is 0 Å². The molecule has 0 aliphatic heterocycles. The second-order valence-corrected chi connectivity index (χ2v) is 7.06. The first-order chi connectivity index (χ1) is 11.4. The van der Waals surface area contributed by atoms with Gasteiger partial charge in [0.05, 0.1) is 18.8 Å². The van der Waals surface area contributed by atoms with E-state index in [-0.39, 0.29) is 12.0 Å². The van der Waals surface area contributed by atoms with Crippen LogP contribution in [0.15, 0.2) is 12.1 Å². The van der Waals surface area contributed by atoms with Crippen LogP contribution >= 0.6 is 0 Å². The van der Waals surface area contributed by atoms with E-state index in [2.05, 4.69) is 13.8 Å². The van der Waals surface area contributed by atoms with Gasteiger partial charge in [0.1, 0.15) is 5.75 Å². The smallest absolute Gasteiger partial charge is 0.462 e. The van der Waals surface area contributed by atoms with E-state index in [4.69, 9.17) is 14.2 Å². The molecule has 5 nitrogen and oxygen atoms in total. The van der Waals surface area contributed by atoms with E-state index in [1.165, 1.54) is 0 Å². The van der Waals surface area contributed by atoms with Gasteiger partial charge in [-0.25, -0.2) is 9.59 Å². The molecular weight excluding hydrogens is 308 g/mol. The molecule has 0 aromatic heterocycles. The Kier molecular flexibility index (Phi) is 4.28. The maximum absolute atomic E-state index is 12.2. The van der Waals surface area contributed by atoms with Gasteiger partial charge in [0.25, 0.3) is 0 Å². The maximum Gasteiger partial charge on any atom is 0.513 e. The molecule has 2 bridgehead atoms. The molecular formula is C19H24O5. The summed E-state index contributed by atoms with van der Waals surface area (Å²) in [7, 11) is 0. The molecule has 5 heteroatoms. The van der Waals surface area contributed by atoms with Gasteiger partial charge in [-0.15, -0.1) is 0 Å². The Morgan fingerprint density at radius 2 is 1.88 bits per heavy atom. The molecule has 2 unspecified atom stereocenters. The van der Waals surface area contributed by atoms with Crippen molar-refractivity contribution in [2.24, 2.45) is 11.3 Å². The van der Waals surface area contributed by atoms with Crippen molar-refractivity contribution in [3.05, 3.63) is 28.8 Å². The van der Waals surface area contributed by atoms with Crippen LogP contribution in [0.1, 0.15) is 61.5 Å². The van der Waals surface area contributed by atoms with Gasteiger partial charge in [-0.05, 0) is 67.2 Å². The number of hydrogen-bond donors (Lipinski definition) is 0. The second kappa shape index (κ2) is 6.11. The standard InChI is InChI=1S/C19H24O5/c1-5-22-17(20)11-7-13-14(9-12-10-15(13)19(12,3)4)16(8-11)24-18(21)23-6-2/h7-8,12,15H,5-6,9-10H2,1-4H3. The molecule has 2 atom stereocenters. The quantitative estimate of drug-likeness (QED) is 0.614. The van der Waals surface area contributed by atoms with E-state index in [9.17, 15) is 9.59 Å². The maximum atomic E-state index is 12.2. The average molecular weight is 332 g/mol. The molecule has 24 heavy (non-hydrogen) atoms. The Hall–Kier alpha value is -2.04. The molecule has 130 valence electrons. The van der Waals surface area contributed by atoms with Crippen LogP contribution in [0.2, 0.25) is 0 Å². The van der Waals surface area contributed by atoms with Crippen LogP contribution in [0.3, 0.4) is 0 Å². The van der Waals surface area contributed by atoms with Gasteiger partial charge in [0.2, 0.25) is 0 Å². The van der Waals surface area contributed by atoms with Crippen LogP contribution in [-0.2, 0) is 15.9 Å². The summed E-state index contributed by atoms with van der Waals surface area (Å²) in [5.74, 6) is 0.991. The molecule has 0 heterocycles. The van der Waals surface area contributed by atoms with E-state index in [0.29, 0.717) is 29.8 Å². The molecule has 0 saturated heterocycles. The largest absolute Gasteiger partial charge is 0.513 e. The first-order valence-corrected chi connectivity index (χ1v) is 8.57. The summed E-state index contributed by atoms with van der Waals surface area (Å²) < 4.78 is 15.4. The summed E-state index contributed by atoms with van der Waals surface area (Å²) in [6.45, 7) is 8.57. The van der Waals surface area contributed by atoms with Gasteiger partial charge >= 0.3 is 12.1 Å². The lowest BCUT2D eigenvalue weighted by atomic mass is 9.47. The van der Waals surface area contributed by atoms with Crippen molar-refractivity contribution in [1.82, 2.24) is 0 Å². The lowest BCUT2D eigenvalue weighted by Crippen LogP contribution is -2.48. The number of carbonyl (C=O) groups is 2. The molecule has 0 radical (unpaired) electrons. The minimum absolute atomic E-state index is 0.210. The van der Waals surface area contributed by atoms with Gasteiger partial charge in [-0.2, -0.15) is 0 Å². The molecule has 3 aliphatic carbocycles. The van der Waals surface area contributed by atoms with Crippen molar-refractivity contribution in [1.29, 1.82) is 0 Å². The molecule has 1 aromatic rings. The van der Waals surface area contributed by atoms with Crippen molar-refractivity contribution < 1.29 is 23.8 Å². The summed E-state index contributed by atoms with van der Waals surface area (Å²) in [6.07, 6.45) is 1.24. The fourth-order valence-electron chi connectivity index (χ4n) is 3.99. The van der Waals surface area contributed by atoms with Crippen molar-refractivity contribution >= 4 is 12.1 Å². The van der Waals surface area contributed by atoms with Crippen molar-refractivity contribution in [2.45, 2.75) is 46.5 Å². The van der Waals surface area contributed by atoms with Crippen molar-refractivity contribution in [3.8, 4) is 5.75 Å². The predicted molar refractivity (Wildman–Crippen MR) is 88.4 cm³/mol. The highest BCUT2D eigenvalue weighted by molar-refractivity contribution is 5.91. The SMILES string of the molecule is CCOC(=O)Oc1cc(C(=O)OCC)cc2c1CC1CC2C1(C)C. The molecule has 0 N–H and O–H groups in total. The molecule has 1 saturated carbocycles. The average Bonchev–Trinajstić information content (AvgIpc) is 2.54. The summed E-state index contributed by atoms with van der Waals surface area (Å²) in [5.41, 5.74) is 2.77. The zero-order chi connectivity index (χ0) is 17.5. The van der Waals surface area contributed by atoms with E-state index in [1.807, 2.05) is 6.07 Å². The first-order valence-electron chi connectivity index (χ1n) is 8.57. The lowest BCUT2D eigenvalue weighted by molar-refractivity contribution is 0.0171. The van der Waals surface area contributed by atoms with Gasteiger partial charge in [0.15, 0.2) is 0 Å². The minimum Gasteiger partial charge on any atom is -0.462 e. The molecule has 1 aromatic carbocycles. The molecule has 4 rings (SSSR count). The third-order valence-corrected chi connectivity index (χ3v) is 5.51. The number of hydrogen-bond acceptors (Lipinski definition) is 5. The Balaban J connectivity index is 2.01. The van der Waals surface area contributed by atoms with Crippen molar-refractivity contribution in [2.75, 3.05) is 13.2 Å². The molecule has 0 amide bonds. The van der Waals surface area contributed by atoms with Crippen molar-refractivity contribution in [3.63, 3.8) is 0 Å². The Morgan fingerprint density at radius 1 is 1.17 bits per heavy atom. The van der Waals surface area contributed by atoms with Crippen LogP contribution in [-0.4, -0.2) is 25.3 Å². The molecule has 0 spiro atoms. The lowest BCUT2D eigenvalue weighted by Gasteiger charge is -2.57. The third kappa shape index (κ3) is 2.66. The first kappa shape index (κ1) is 16.8. The van der Waals surface area contributed by atoms with Gasteiger partial charge < -0.3 is 14.2 Å². The minimum atomic E-state index is -0.737. The number of ether oxygens (including phenoxy) is 3. The fraction of sp³-hybridized carbons (Fsp3) is 0.579. The zero-order valence-electron chi connectivity index (χ0n) is 14.7. The zero-order valence-corrected chi connectivity index (χ0v) is 14.7. The number of carbonyl (C=O) groups excluding carboxylic acids is 2. The number of esters is 1. The number of rotatable bonds is 4. The van der Waals surface area contributed by atoms with Gasteiger partial charge in [-0.1, -0.05) is 13.8 Å². The monoisotopic (exact) mass is 332 g/mol. The summed E-state index contributed by atoms with van der Waals surface area (Å²) >= 11 is 0. The second-order valence-electron chi connectivity index (χ2n) is 7.06. The van der Waals surface area contributed by atoms with Crippen LogP contribution in [0.5, 0.6) is 5.75 Å². The summed E-state index contributed by atoms with van der Waals surface area (Å²) in [6, 6.07) is 3.51. The van der Waals surface area contributed by atoms with E-state index in [0.717, 1.165) is 24.0 Å². The number of benzene rings is 1. The highest BCUT2D eigenvalue weighted by Crippen LogP contribution is 2.63. The normalized spacial score (nSPS) is 22.8. The topological polar surface area (TPSA) is 61.8 Å². The predicted octanol–water partition coefficient (Wildman–Crippen LogP) is 4.08. The summed E-state index contributed by atoms with van der Waals surface area (Å²) in [5, 5.41) is 0. The Labute approximate surface area is 142 Å². The van der Waals surface area contributed by atoms with E-state index >= 15 is 0 Å². The van der Waals surface area contributed by atoms with E-state index < -0.39 is 12.1 Å². The molecule has 3 aliphatic rings. The van der Waals surface area contributed by atoms with Crippen LogP contribution < -0.4 is 4.74 Å². The highest BCUT2D eigenvalue weighted by Gasteiger charge is 2.53. The summed E-state index contributed by atoms with van der Waals surface area (Å²) in [4.78, 5) is 23.9. The van der Waals surface area contributed by atoms with Crippen LogP contribution in [0, 0.1) is 11.3 Å². The van der Waals surface area contributed by atoms with Gasteiger partial charge in [0, 0.05) is 0 Å². The fourth-order valence-corrected chi connectivity index (χ4v) is 3.99. The van der Waals surface area contributed by atoms with Crippen LogP contribution in [0.4, 0.5) is 4.79 Å². The Bertz CT molecular complexity index is 677. The van der Waals surface area contributed by atoms with Crippen LogP contribution in [0.25, 0.3) is 0 Å². The van der Waals surface area contributed by atoms with E-state index in [1.54, 1.807) is 19.9 Å². The Morgan fingerprint density at radius 3 is 2.50 bits per heavy atom. The highest BCUT2D eigenvalue weighted by atomic mass is 16.7. The molecule has 1 fully saturated rings. The third-order valence-electron chi connectivity index (χ3n) is 5.51.